The van der Waals surface area contributed by atoms with Crippen LogP contribution < -0.4 is 108 Å². The van der Waals surface area contributed by atoms with Crippen molar-refractivity contribution in [2.75, 3.05) is 24.6 Å². The van der Waals surface area contributed by atoms with Crippen molar-refractivity contribution in [2.24, 2.45) is 0 Å². The van der Waals surface area contributed by atoms with Crippen molar-refractivity contribution in [3.05, 3.63) is 12.7 Å². The molecule has 7 unspecified atom stereocenters. The number of aliphatic hydroxyl groups excluding tert-OH is 2. The third kappa shape index (κ3) is 9.13. The monoisotopic (exact) mass is 783 g/mol. The molecule has 2 aromatic heterocycles. The van der Waals surface area contributed by atoms with Gasteiger partial charge in [0.2, 0.25) is 2.72 Å². The number of halogens is 2. The largest absolute Gasteiger partial charge is 1.00 e. The summed E-state index contributed by atoms with van der Waals surface area (Å²) >= 11 is 4.28. The van der Waals surface area contributed by atoms with Crippen LogP contribution in [0.25, 0.3) is 11.2 Å². The van der Waals surface area contributed by atoms with Gasteiger partial charge in [0.25, 0.3) is 7.82 Å². The molecule has 0 aromatic carbocycles. The first kappa shape index (κ1) is 42.6. The Kier molecular flexibility index (Phi) is 17.5. The first-order valence-corrected chi connectivity index (χ1v) is 16.5. The van der Waals surface area contributed by atoms with E-state index in [-0.39, 0.29) is 94.3 Å². The minimum Gasteiger partial charge on any atom is -0.777 e. The Morgan fingerprint density at radius 3 is 2.17 bits per heavy atom. The van der Waals surface area contributed by atoms with Crippen molar-refractivity contribution >= 4 is 71.9 Å². The second-order valence-corrected chi connectivity index (χ2v) is 19.0. The fraction of sp³-hybridized carbons (Fsp3) is 0.667. The Morgan fingerprint density at radius 1 is 1.07 bits per heavy atom. The molecule has 0 saturated carbocycles. The molecule has 1 aliphatic heterocycles. The van der Waals surface area contributed by atoms with Crippen LogP contribution in [0.15, 0.2) is 12.7 Å². The van der Waals surface area contributed by atoms with E-state index in [1.165, 1.54) is 17.2 Å². The number of hydrogen-bond donors (Lipinski definition) is 3. The van der Waals surface area contributed by atoms with Gasteiger partial charge in [-0.25, -0.2) is 15.0 Å². The quantitative estimate of drug-likeness (QED) is 0.109. The number of anilines is 1. The van der Waals surface area contributed by atoms with Crippen LogP contribution in [0.3, 0.4) is 0 Å². The minimum atomic E-state index is -5.95. The van der Waals surface area contributed by atoms with E-state index in [4.69, 9.17) is 9.63 Å². The number of alkyl halides is 2. The molecule has 0 amide bonds. The van der Waals surface area contributed by atoms with Crippen molar-refractivity contribution in [1.82, 2.24) is 19.5 Å². The number of phosphoric acid groups is 1. The van der Waals surface area contributed by atoms with E-state index in [1.807, 2.05) is 18.7 Å². The zero-order valence-electron chi connectivity index (χ0n) is 21.9. The summed E-state index contributed by atoms with van der Waals surface area (Å²) in [4.78, 5) is 59.0. The van der Waals surface area contributed by atoms with E-state index in [0.29, 0.717) is 24.4 Å². The second kappa shape index (κ2) is 16.5. The van der Waals surface area contributed by atoms with Gasteiger partial charge in [-0.3, -0.25) is 13.4 Å². The van der Waals surface area contributed by atoms with Gasteiger partial charge < -0.3 is 53.1 Å². The van der Waals surface area contributed by atoms with E-state index in [9.17, 15) is 38.6 Å². The molecule has 1 aliphatic rings. The third-order valence-corrected chi connectivity index (χ3v) is 15.5. The number of ether oxygens (including phenoxy) is 1. The number of imidazole rings is 1. The van der Waals surface area contributed by atoms with Gasteiger partial charge in [-0.1, -0.05) is 31.9 Å². The summed E-state index contributed by atoms with van der Waals surface area (Å²) < 4.78 is 47.2. The normalized spacial score (nSPS) is 25.4. The summed E-state index contributed by atoms with van der Waals surface area (Å²) in [5.41, 5.74) is 0.629. The zero-order chi connectivity index (χ0) is 28.0. The van der Waals surface area contributed by atoms with E-state index < -0.39 is 56.9 Å². The summed E-state index contributed by atoms with van der Waals surface area (Å²) in [5, 5.41) is 20.9. The van der Waals surface area contributed by atoms with Crippen LogP contribution in [-0.2, 0) is 27.3 Å². The molecule has 210 valence electrons. The number of nitrogens with zero attached hydrogens (tertiary/aromatic N) is 5. The van der Waals surface area contributed by atoms with Crippen LogP contribution in [0.4, 0.5) is 5.82 Å². The molecule has 1 fully saturated rings. The molecule has 3 heterocycles. The van der Waals surface area contributed by atoms with Crippen LogP contribution >= 0.6 is 54.9 Å². The van der Waals surface area contributed by atoms with Crippen LogP contribution in [0.1, 0.15) is 20.1 Å². The van der Waals surface area contributed by atoms with Crippen LogP contribution in [0.2, 0.25) is 0 Å². The van der Waals surface area contributed by atoms with Crippen molar-refractivity contribution in [3.63, 3.8) is 0 Å². The standard InChI is InChI=1S/C15H24Br2N5O12P3.3Na/c1-3-21(4-2)12-9-13(19-6-18-12)22(7-20-9)14-11(24)10(23)8(33-14)5-32-37(30,31)34-36(28,29)15(16,17)35(25,26)27;;;/h6-8,10-11,14,23-24H,3-5H2,1-2H3,(H,28,29)(H,30,31)(H2,25,26,27);;;/q;3*+1/p-3. The van der Waals surface area contributed by atoms with Gasteiger partial charge in [-0.15, -0.1) is 0 Å². The van der Waals surface area contributed by atoms with E-state index in [1.54, 1.807) is 0 Å². The molecule has 0 spiro atoms. The number of aromatic nitrogens is 4. The maximum absolute atomic E-state index is 12.1. The minimum absolute atomic E-state index is 0. The number of rotatable bonds is 11. The van der Waals surface area contributed by atoms with Crippen LogP contribution in [0, 0.1) is 0 Å². The first-order chi connectivity index (χ1) is 17.0. The summed E-state index contributed by atoms with van der Waals surface area (Å²) in [6.45, 7) is 4.05. The molecule has 17 nitrogen and oxygen atoms in total. The van der Waals surface area contributed by atoms with E-state index >= 15 is 0 Å². The molecular weight excluding hydrogens is 764 g/mol. The topological polar surface area (TPSA) is 256 Å². The van der Waals surface area contributed by atoms with Gasteiger partial charge in [0.05, 0.1) is 12.9 Å². The Morgan fingerprint density at radius 2 is 1.65 bits per heavy atom. The van der Waals surface area contributed by atoms with Crippen molar-refractivity contribution in [2.45, 2.75) is 41.1 Å². The SMILES string of the molecule is CCN(CC)c1ncnc2c1ncn2C1OC(COP(=O)([O-])OP(=O)([O-])C(Br)(Br)P(=O)([O-])O)C(O)C1O.[Na+].[Na+].[Na+]. The van der Waals surface area contributed by atoms with Gasteiger partial charge in [-0.2, -0.15) is 0 Å². The molecule has 0 bridgehead atoms. The average molecular weight is 785 g/mol. The molecule has 40 heavy (non-hydrogen) atoms. The third-order valence-electron chi connectivity index (χ3n) is 5.29. The van der Waals surface area contributed by atoms with Gasteiger partial charge in [0.1, 0.15) is 24.6 Å². The molecule has 0 radical (unpaired) electrons. The summed E-state index contributed by atoms with van der Waals surface area (Å²) in [5.74, 6) is 0.522. The Hall–Kier alpha value is 2.64. The first-order valence-electron chi connectivity index (χ1n) is 10.3. The molecular formula is C15H21Br2N5Na3O12P3. The molecule has 25 heteroatoms. The molecule has 0 aliphatic carbocycles. The van der Waals surface area contributed by atoms with E-state index in [2.05, 4.69) is 55.6 Å². The number of aliphatic hydroxyl groups is 2. The predicted molar refractivity (Wildman–Crippen MR) is 127 cm³/mol. The second-order valence-electron chi connectivity index (χ2n) is 7.59. The fourth-order valence-corrected chi connectivity index (χ4v) is 8.10. The van der Waals surface area contributed by atoms with Crippen molar-refractivity contribution in [3.8, 4) is 0 Å². The number of hydrogen-bond acceptors (Lipinski definition) is 15. The summed E-state index contributed by atoms with van der Waals surface area (Å²) in [7, 11) is -17.5. The smallest absolute Gasteiger partial charge is 0.777 e. The summed E-state index contributed by atoms with van der Waals surface area (Å²) in [6, 6.07) is 0. The Bertz CT molecular complexity index is 1290. The van der Waals surface area contributed by atoms with Gasteiger partial charge in [0, 0.05) is 13.1 Å². The maximum Gasteiger partial charge on any atom is 1.00 e. The van der Waals surface area contributed by atoms with Crippen molar-refractivity contribution < 1.29 is 146 Å². The Balaban J connectivity index is 0.00000507. The molecule has 2 aromatic rings. The zero-order valence-corrected chi connectivity index (χ0v) is 33.8. The number of phosphoric ester groups is 1. The maximum atomic E-state index is 12.1. The van der Waals surface area contributed by atoms with E-state index in [0.717, 1.165) is 0 Å². The molecule has 1 saturated heterocycles. The van der Waals surface area contributed by atoms with Crippen molar-refractivity contribution in [1.29, 1.82) is 0 Å². The molecule has 3 N–H and O–H groups in total. The van der Waals surface area contributed by atoms with Gasteiger partial charge in [0.15, 0.2) is 38.4 Å². The molecule has 3 rings (SSSR count). The average Bonchev–Trinajstić information content (AvgIpc) is 3.33. The molecule has 7 atom stereocenters. The Labute approximate surface area is 311 Å². The number of fused-ring (bicyclic) bond motifs is 1. The van der Waals surface area contributed by atoms with Gasteiger partial charge >= 0.3 is 88.7 Å². The predicted octanol–water partition coefficient (Wildman–Crippen LogP) is -9.69. The fourth-order valence-electron chi connectivity index (χ4n) is 3.40. The van der Waals surface area contributed by atoms with Crippen LogP contribution in [0.5, 0.6) is 0 Å². The van der Waals surface area contributed by atoms with Crippen LogP contribution in [-0.4, -0.2) is 75.3 Å². The van der Waals surface area contributed by atoms with Gasteiger partial charge in [-0.05, 0) is 13.8 Å². The summed E-state index contributed by atoms with van der Waals surface area (Å²) in [6.07, 6.45) is -3.58.